The summed E-state index contributed by atoms with van der Waals surface area (Å²) in [5, 5.41) is -0.193. The first-order chi connectivity index (χ1) is 16.7. The van der Waals surface area contributed by atoms with Crippen LogP contribution in [-0.4, -0.2) is 38.9 Å². The van der Waals surface area contributed by atoms with Crippen molar-refractivity contribution in [3.8, 4) is 0 Å². The Kier molecular flexibility index (Phi) is 10.9. The monoisotopic (exact) mass is 564 g/mol. The van der Waals surface area contributed by atoms with Crippen LogP contribution in [0.4, 0.5) is 0 Å². The Labute approximate surface area is 214 Å². The molecule has 0 radical (unpaired) electrons. The minimum atomic E-state index is -5.51. The van der Waals surface area contributed by atoms with Gasteiger partial charge >= 0.3 is 0 Å². The first-order valence-corrected chi connectivity index (χ1v) is 16.6. The van der Waals surface area contributed by atoms with Gasteiger partial charge in [-0.3, -0.25) is 13.7 Å². The third kappa shape index (κ3) is 7.96. The number of hydrogen-bond acceptors (Lipinski definition) is 6. The molecule has 0 aliphatic heterocycles. The second kappa shape index (κ2) is 12.8. The molecule has 12 heteroatoms. The summed E-state index contributed by atoms with van der Waals surface area (Å²) in [5.74, 6) is -0.0760. The zero-order valence-corrected chi connectivity index (χ0v) is 23.1. The van der Waals surface area contributed by atoms with Crippen molar-refractivity contribution in [2.75, 3.05) is 0 Å². The minimum absolute atomic E-state index is 0.0431. The lowest BCUT2D eigenvalue weighted by atomic mass is 9.87. The lowest BCUT2D eigenvalue weighted by Crippen LogP contribution is -2.19. The summed E-state index contributed by atoms with van der Waals surface area (Å²) in [7, 11) is -16.2. The largest absolute Gasteiger partial charge is 0.297 e. The third-order valence-corrected chi connectivity index (χ3v) is 9.47. The van der Waals surface area contributed by atoms with E-state index in [1.54, 1.807) is 0 Å². The van der Waals surface area contributed by atoms with E-state index in [2.05, 4.69) is 13.8 Å². The van der Waals surface area contributed by atoms with Gasteiger partial charge in [-0.25, -0.2) is 0 Å². The molecule has 0 bridgehead atoms. The summed E-state index contributed by atoms with van der Waals surface area (Å²) >= 11 is 0. The van der Waals surface area contributed by atoms with Gasteiger partial charge in [0.25, 0.3) is 30.4 Å². The number of benzene rings is 2. The van der Waals surface area contributed by atoms with E-state index in [4.69, 9.17) is 0 Å². The molecule has 2 aromatic rings. The van der Waals surface area contributed by atoms with Crippen LogP contribution in [0, 0.1) is 5.92 Å². The van der Waals surface area contributed by atoms with Crippen LogP contribution in [0.1, 0.15) is 83.6 Å². The van der Waals surface area contributed by atoms with Crippen LogP contribution in [0.5, 0.6) is 0 Å². The fraction of sp³-hybridized carbons (Fsp3) is 0.583. The molecule has 0 aromatic heterocycles. The summed E-state index contributed by atoms with van der Waals surface area (Å²) in [4.78, 5) is -4.02. The molecule has 0 saturated heterocycles. The summed E-state index contributed by atoms with van der Waals surface area (Å²) in [6.07, 6.45) is 9.41. The average Bonchev–Trinajstić information content (AvgIpc) is 2.76. The standard InChI is InChI=1S/C24H36O9S3/c1-3-5-7-8-10-14-18(13-9-6-4-2)17-21-19-15-11-12-16-20(19)22(34(25,26)27)24(36(31,32)33)23(21)35(28,29)30/h11-12,15-16,18H,3-10,13-14,17H2,1-2H3,(H,25,26,27)(H,28,29,30)(H,31,32,33). The molecule has 0 heterocycles. The van der Waals surface area contributed by atoms with E-state index in [0.717, 1.165) is 64.2 Å². The molecule has 1 unspecified atom stereocenters. The second-order valence-electron chi connectivity index (χ2n) is 9.21. The topological polar surface area (TPSA) is 163 Å². The van der Waals surface area contributed by atoms with Gasteiger partial charge in [-0.05, 0) is 23.3 Å². The van der Waals surface area contributed by atoms with Crippen molar-refractivity contribution in [1.29, 1.82) is 0 Å². The highest BCUT2D eigenvalue weighted by Crippen LogP contribution is 2.40. The van der Waals surface area contributed by atoms with Gasteiger partial charge < -0.3 is 0 Å². The van der Waals surface area contributed by atoms with Crippen LogP contribution in [0.2, 0.25) is 0 Å². The van der Waals surface area contributed by atoms with Gasteiger partial charge in [0.1, 0.15) is 14.7 Å². The molecule has 1 atom stereocenters. The van der Waals surface area contributed by atoms with E-state index in [0.29, 0.717) is 0 Å². The molecule has 204 valence electrons. The van der Waals surface area contributed by atoms with E-state index in [-0.39, 0.29) is 28.7 Å². The van der Waals surface area contributed by atoms with Gasteiger partial charge in [-0.15, -0.1) is 0 Å². The molecule has 0 saturated carbocycles. The Morgan fingerprint density at radius 1 is 0.611 bits per heavy atom. The quantitative estimate of drug-likeness (QED) is 0.182. The summed E-state index contributed by atoms with van der Waals surface area (Å²) in [6.45, 7) is 4.16. The summed E-state index contributed by atoms with van der Waals surface area (Å²) in [6, 6.07) is 5.54. The second-order valence-corrected chi connectivity index (χ2v) is 13.3. The molecule has 0 amide bonds. The van der Waals surface area contributed by atoms with Crippen molar-refractivity contribution in [3.05, 3.63) is 29.8 Å². The first-order valence-electron chi connectivity index (χ1n) is 12.2. The number of hydrogen-bond donors (Lipinski definition) is 3. The maximum Gasteiger partial charge on any atom is 0.297 e. The fourth-order valence-corrected chi connectivity index (χ4v) is 8.41. The van der Waals surface area contributed by atoms with Gasteiger partial charge in [-0.2, -0.15) is 25.3 Å². The number of rotatable bonds is 15. The van der Waals surface area contributed by atoms with Gasteiger partial charge in [-0.1, -0.05) is 102 Å². The van der Waals surface area contributed by atoms with Crippen molar-refractivity contribution in [2.24, 2.45) is 5.92 Å². The van der Waals surface area contributed by atoms with Gasteiger partial charge in [0.2, 0.25) is 0 Å². The molecule has 0 spiro atoms. The maximum atomic E-state index is 12.5. The Balaban J connectivity index is 2.82. The lowest BCUT2D eigenvalue weighted by Gasteiger charge is -2.22. The molecule has 0 aliphatic rings. The Morgan fingerprint density at radius 3 is 1.56 bits per heavy atom. The van der Waals surface area contributed by atoms with E-state index in [1.165, 1.54) is 24.3 Å². The lowest BCUT2D eigenvalue weighted by molar-refractivity contribution is 0.401. The zero-order chi connectivity index (χ0) is 27.1. The van der Waals surface area contributed by atoms with Crippen molar-refractivity contribution in [2.45, 2.75) is 99.2 Å². The summed E-state index contributed by atoms with van der Waals surface area (Å²) in [5.41, 5.74) is -0.0943. The van der Waals surface area contributed by atoms with Crippen LogP contribution in [0.15, 0.2) is 39.0 Å². The molecular formula is C24H36O9S3. The van der Waals surface area contributed by atoms with Crippen LogP contribution < -0.4 is 0 Å². The van der Waals surface area contributed by atoms with Crippen LogP contribution in [-0.2, 0) is 36.8 Å². The molecule has 9 nitrogen and oxygen atoms in total. The molecule has 0 fully saturated rings. The predicted octanol–water partition coefficient (Wildman–Crippen LogP) is 5.68. The number of fused-ring (bicyclic) bond motifs is 1. The van der Waals surface area contributed by atoms with Gasteiger partial charge in [0.15, 0.2) is 0 Å². The minimum Gasteiger partial charge on any atom is -0.282 e. The Hall–Kier alpha value is -1.57. The van der Waals surface area contributed by atoms with E-state index in [9.17, 15) is 38.9 Å². The molecule has 2 aromatic carbocycles. The van der Waals surface area contributed by atoms with Crippen LogP contribution >= 0.6 is 0 Å². The number of unbranched alkanes of at least 4 members (excludes halogenated alkanes) is 6. The predicted molar refractivity (Wildman–Crippen MR) is 138 cm³/mol. The maximum absolute atomic E-state index is 12.5. The van der Waals surface area contributed by atoms with Crippen LogP contribution in [0.3, 0.4) is 0 Å². The van der Waals surface area contributed by atoms with Crippen molar-refractivity contribution in [1.82, 2.24) is 0 Å². The highest BCUT2D eigenvalue weighted by molar-refractivity contribution is 7.90. The highest BCUT2D eigenvalue weighted by Gasteiger charge is 2.38. The van der Waals surface area contributed by atoms with Crippen LogP contribution in [0.25, 0.3) is 10.8 Å². The summed E-state index contributed by atoms with van der Waals surface area (Å²) < 4.78 is 104. The molecule has 3 N–H and O–H groups in total. The normalized spacial score (nSPS) is 13.8. The van der Waals surface area contributed by atoms with Crippen molar-refractivity contribution < 1.29 is 38.9 Å². The van der Waals surface area contributed by atoms with Crippen molar-refractivity contribution in [3.63, 3.8) is 0 Å². The smallest absolute Gasteiger partial charge is 0.282 e. The van der Waals surface area contributed by atoms with E-state index >= 15 is 0 Å². The van der Waals surface area contributed by atoms with E-state index < -0.39 is 45.0 Å². The fourth-order valence-electron chi connectivity index (χ4n) is 4.75. The Bertz CT molecular complexity index is 1360. The SMILES string of the molecule is CCCCCCCC(CCCCC)Cc1c(S(=O)(=O)O)c(S(=O)(=O)O)c(S(=O)(=O)O)c2ccccc12. The molecular weight excluding hydrogens is 528 g/mol. The van der Waals surface area contributed by atoms with Crippen molar-refractivity contribution >= 4 is 41.1 Å². The zero-order valence-electron chi connectivity index (χ0n) is 20.7. The molecule has 36 heavy (non-hydrogen) atoms. The molecule has 0 aliphatic carbocycles. The highest BCUT2D eigenvalue weighted by atomic mass is 32.2. The molecule has 2 rings (SSSR count). The van der Waals surface area contributed by atoms with Gasteiger partial charge in [0, 0.05) is 5.39 Å². The first kappa shape index (κ1) is 30.7. The van der Waals surface area contributed by atoms with E-state index in [1.807, 2.05) is 0 Å². The third-order valence-electron chi connectivity index (χ3n) is 6.38. The Morgan fingerprint density at radius 2 is 1.06 bits per heavy atom. The average molecular weight is 565 g/mol. The van der Waals surface area contributed by atoms with Gasteiger partial charge in [0.05, 0.1) is 0 Å².